The average Bonchev–Trinajstić information content (AvgIpc) is 3.38. The Morgan fingerprint density at radius 2 is 2.19 bits per heavy atom. The van der Waals surface area contributed by atoms with Crippen LogP contribution in [0.25, 0.3) is 0 Å². The number of nitrogens with one attached hydrogen (secondary N) is 1. The van der Waals surface area contributed by atoms with Crippen LogP contribution in [0.4, 0.5) is 9.18 Å². The molecular formula is C21H27FN4O. The van der Waals surface area contributed by atoms with E-state index in [0.717, 1.165) is 18.5 Å². The number of urea groups is 1. The van der Waals surface area contributed by atoms with Gasteiger partial charge in [0.1, 0.15) is 5.82 Å². The third-order valence-corrected chi connectivity index (χ3v) is 6.93. The normalized spacial score (nSPS) is 32.5. The summed E-state index contributed by atoms with van der Waals surface area (Å²) in [5.41, 5.74) is 0.284. The lowest BCUT2D eigenvalue weighted by Gasteiger charge is -2.66. The van der Waals surface area contributed by atoms with E-state index in [-0.39, 0.29) is 28.8 Å². The van der Waals surface area contributed by atoms with Gasteiger partial charge in [-0.3, -0.25) is 4.90 Å². The van der Waals surface area contributed by atoms with Crippen molar-refractivity contribution in [3.63, 3.8) is 0 Å². The molecule has 1 aromatic carbocycles. The molecule has 6 heteroatoms. The Hall–Kier alpha value is -2.13. The van der Waals surface area contributed by atoms with E-state index in [1.165, 1.54) is 18.9 Å². The monoisotopic (exact) mass is 370 g/mol. The van der Waals surface area contributed by atoms with Gasteiger partial charge in [-0.2, -0.15) is 5.26 Å². The largest absolute Gasteiger partial charge is 0.336 e. The predicted molar refractivity (Wildman–Crippen MR) is 100 cm³/mol. The first kappa shape index (κ1) is 18.2. The highest BCUT2D eigenvalue weighted by atomic mass is 19.1. The molecule has 2 amide bonds. The zero-order chi connectivity index (χ0) is 19.2. The first-order valence-electron chi connectivity index (χ1n) is 9.80. The molecule has 3 unspecified atom stereocenters. The minimum atomic E-state index is -0.368. The van der Waals surface area contributed by atoms with Crippen LogP contribution in [0.2, 0.25) is 0 Å². The first-order valence-corrected chi connectivity index (χ1v) is 9.80. The molecule has 27 heavy (non-hydrogen) atoms. The fraction of sp³-hybridized carbons (Fsp3) is 0.619. The van der Waals surface area contributed by atoms with Crippen molar-refractivity contribution in [2.75, 3.05) is 27.2 Å². The van der Waals surface area contributed by atoms with Crippen LogP contribution in [0.5, 0.6) is 0 Å². The number of benzene rings is 1. The maximum absolute atomic E-state index is 14.0. The molecule has 1 aliphatic heterocycles. The van der Waals surface area contributed by atoms with E-state index in [1.54, 1.807) is 12.1 Å². The topological polar surface area (TPSA) is 59.4 Å². The third kappa shape index (κ3) is 2.71. The summed E-state index contributed by atoms with van der Waals surface area (Å²) < 4.78 is 14.0. The van der Waals surface area contributed by atoms with Gasteiger partial charge in [-0.25, -0.2) is 9.18 Å². The van der Waals surface area contributed by atoms with E-state index in [4.69, 9.17) is 0 Å². The summed E-state index contributed by atoms with van der Waals surface area (Å²) >= 11 is 0. The Morgan fingerprint density at radius 1 is 1.41 bits per heavy atom. The van der Waals surface area contributed by atoms with Gasteiger partial charge >= 0.3 is 6.03 Å². The van der Waals surface area contributed by atoms with Gasteiger partial charge in [-0.1, -0.05) is 12.1 Å². The molecule has 1 aromatic rings. The Morgan fingerprint density at radius 3 is 2.81 bits per heavy atom. The molecule has 4 rings (SSSR count). The highest BCUT2D eigenvalue weighted by Gasteiger charge is 2.69. The summed E-state index contributed by atoms with van der Waals surface area (Å²) in [6, 6.07) is 9.09. The van der Waals surface area contributed by atoms with Crippen LogP contribution < -0.4 is 5.32 Å². The zero-order valence-corrected chi connectivity index (χ0v) is 16.0. The molecule has 2 aliphatic carbocycles. The number of nitrogens with zero attached hydrogens (tertiary/aromatic N) is 3. The molecule has 1 N–H and O–H groups in total. The van der Waals surface area contributed by atoms with Gasteiger partial charge in [0.2, 0.25) is 0 Å². The highest BCUT2D eigenvalue weighted by molar-refractivity contribution is 5.79. The second-order valence-electron chi connectivity index (χ2n) is 8.57. The predicted octanol–water partition coefficient (Wildman–Crippen LogP) is 3.08. The van der Waals surface area contributed by atoms with Crippen molar-refractivity contribution >= 4 is 6.03 Å². The lowest BCUT2D eigenvalue weighted by molar-refractivity contribution is -0.142. The van der Waals surface area contributed by atoms with Crippen LogP contribution >= 0.6 is 0 Å². The van der Waals surface area contributed by atoms with Crippen molar-refractivity contribution in [2.45, 2.75) is 43.2 Å². The highest BCUT2D eigenvalue weighted by Crippen LogP contribution is 2.61. The Labute approximate surface area is 160 Å². The van der Waals surface area contributed by atoms with Gasteiger partial charge in [-0.05, 0) is 63.4 Å². The standard InChI is InChI=1S/C21H27FN4O/c1-25(2)21(16-5-3-6-17(22)11-16)13-20(18(21)7-4-10-23)14-24-19(27)26(20)12-15-8-9-15/h3,5-6,11,15,18H,4,7-9,12-14H2,1-2H3,(H,24,27). The van der Waals surface area contributed by atoms with E-state index >= 15 is 0 Å². The minimum absolute atomic E-state index is 0.00968. The molecule has 3 atom stereocenters. The van der Waals surface area contributed by atoms with Gasteiger partial charge in [-0.15, -0.1) is 0 Å². The number of nitriles is 1. The lowest BCUT2D eigenvalue weighted by atomic mass is 9.49. The molecule has 5 nitrogen and oxygen atoms in total. The van der Waals surface area contributed by atoms with E-state index in [0.29, 0.717) is 25.3 Å². The molecule has 1 spiro atoms. The van der Waals surface area contributed by atoms with Gasteiger partial charge in [0, 0.05) is 25.4 Å². The van der Waals surface area contributed by atoms with Crippen LogP contribution in [-0.4, -0.2) is 48.6 Å². The van der Waals surface area contributed by atoms with Crippen molar-refractivity contribution in [1.82, 2.24) is 15.1 Å². The smallest absolute Gasteiger partial charge is 0.318 e. The number of rotatable bonds is 6. The molecule has 0 bridgehead atoms. The molecule has 3 fully saturated rings. The second-order valence-corrected chi connectivity index (χ2v) is 8.57. The maximum Gasteiger partial charge on any atom is 0.318 e. The van der Waals surface area contributed by atoms with Crippen LogP contribution in [-0.2, 0) is 5.54 Å². The van der Waals surface area contributed by atoms with Crippen LogP contribution in [0.1, 0.15) is 37.7 Å². The van der Waals surface area contributed by atoms with Gasteiger partial charge in [0.15, 0.2) is 0 Å². The van der Waals surface area contributed by atoms with Crippen molar-refractivity contribution in [3.8, 4) is 6.07 Å². The summed E-state index contributed by atoms with van der Waals surface area (Å²) in [6.45, 7) is 1.40. The molecular weight excluding hydrogens is 343 g/mol. The molecule has 144 valence electrons. The number of amides is 2. The second kappa shape index (κ2) is 6.49. The van der Waals surface area contributed by atoms with E-state index in [1.807, 2.05) is 25.1 Å². The van der Waals surface area contributed by atoms with Gasteiger partial charge in [0.25, 0.3) is 0 Å². The van der Waals surface area contributed by atoms with Crippen molar-refractivity contribution in [2.24, 2.45) is 11.8 Å². The molecule has 1 saturated heterocycles. The number of halogens is 1. The minimum Gasteiger partial charge on any atom is -0.336 e. The molecule has 1 heterocycles. The summed E-state index contributed by atoms with van der Waals surface area (Å²) in [5.74, 6) is 0.439. The summed E-state index contributed by atoms with van der Waals surface area (Å²) in [7, 11) is 4.04. The Kier molecular flexibility index (Phi) is 4.38. The van der Waals surface area contributed by atoms with Crippen LogP contribution in [0.15, 0.2) is 24.3 Å². The molecule has 3 aliphatic rings. The fourth-order valence-corrected chi connectivity index (χ4v) is 5.45. The number of carbonyl (C=O) groups excluding carboxylic acids is 1. The van der Waals surface area contributed by atoms with Gasteiger partial charge < -0.3 is 10.2 Å². The van der Waals surface area contributed by atoms with Crippen molar-refractivity contribution in [1.29, 1.82) is 5.26 Å². The van der Waals surface area contributed by atoms with E-state index in [9.17, 15) is 14.4 Å². The number of hydrogen-bond acceptors (Lipinski definition) is 3. The van der Waals surface area contributed by atoms with E-state index in [2.05, 4.69) is 16.3 Å². The molecule has 0 radical (unpaired) electrons. The summed E-state index contributed by atoms with van der Waals surface area (Å²) in [4.78, 5) is 16.8. The molecule has 2 saturated carbocycles. The molecule has 0 aromatic heterocycles. The van der Waals surface area contributed by atoms with Crippen molar-refractivity contribution < 1.29 is 9.18 Å². The average molecular weight is 370 g/mol. The third-order valence-electron chi connectivity index (χ3n) is 6.93. The van der Waals surface area contributed by atoms with Crippen LogP contribution in [0.3, 0.4) is 0 Å². The quantitative estimate of drug-likeness (QED) is 0.837. The SMILES string of the molecule is CN(C)C1(c2cccc(F)c2)CC2(CNC(=O)N2CC2CC2)C1CCC#N. The zero-order valence-electron chi connectivity index (χ0n) is 16.0. The van der Waals surface area contributed by atoms with Crippen molar-refractivity contribution in [3.05, 3.63) is 35.6 Å². The number of hydrogen-bond donors (Lipinski definition) is 1. The first-order chi connectivity index (χ1) is 12.9. The lowest BCUT2D eigenvalue weighted by Crippen LogP contribution is -2.74. The Bertz CT molecular complexity index is 787. The Balaban J connectivity index is 1.75. The fourth-order valence-electron chi connectivity index (χ4n) is 5.45. The summed E-state index contributed by atoms with van der Waals surface area (Å²) in [6.07, 6.45) is 4.26. The maximum atomic E-state index is 14.0. The van der Waals surface area contributed by atoms with Gasteiger partial charge in [0.05, 0.1) is 17.1 Å². The summed E-state index contributed by atoms with van der Waals surface area (Å²) in [5, 5.41) is 12.3. The van der Waals surface area contributed by atoms with E-state index < -0.39 is 0 Å². The number of carbonyl (C=O) groups is 1. The van der Waals surface area contributed by atoms with Crippen LogP contribution in [0, 0.1) is 29.0 Å².